The highest BCUT2D eigenvalue weighted by Gasteiger charge is 2.31. The second-order valence-corrected chi connectivity index (χ2v) is 8.68. The Kier molecular flexibility index (Phi) is 6.34. The Balaban J connectivity index is 1.40. The lowest BCUT2D eigenvalue weighted by molar-refractivity contribution is -0.137. The maximum atomic E-state index is 13.4. The molecule has 0 unspecified atom stereocenters. The van der Waals surface area contributed by atoms with Crippen LogP contribution < -0.4 is 15.6 Å². The van der Waals surface area contributed by atoms with Crippen LogP contribution in [-0.4, -0.2) is 32.7 Å². The number of aromatic nitrogens is 4. The Bertz CT molecular complexity index is 1470. The molecular weight excluding hydrogens is 471 g/mol. The summed E-state index contributed by atoms with van der Waals surface area (Å²) in [5.74, 6) is 0. The van der Waals surface area contributed by atoms with E-state index in [9.17, 15) is 18.0 Å². The van der Waals surface area contributed by atoms with E-state index in [1.807, 2.05) is 0 Å². The van der Waals surface area contributed by atoms with Crippen molar-refractivity contribution in [1.82, 2.24) is 19.5 Å². The summed E-state index contributed by atoms with van der Waals surface area (Å²) in [6.07, 6.45) is 2.29. The van der Waals surface area contributed by atoms with Crippen LogP contribution in [0.1, 0.15) is 29.7 Å². The SMILES string of the molecule is Cn1c(OCCNc2c3c(nc4ccc(C(F)(F)F)cc24)CCCC3)nc(-c2ccncc2)cc1=O. The highest BCUT2D eigenvalue weighted by atomic mass is 19.4. The number of alkyl halides is 3. The number of hydrogen-bond donors (Lipinski definition) is 1. The Hall–Kier alpha value is -3.95. The number of nitrogens with one attached hydrogen (secondary N) is 1. The Morgan fingerprint density at radius 3 is 2.61 bits per heavy atom. The number of ether oxygens (including phenoxy) is 1. The number of fused-ring (bicyclic) bond motifs is 2. The lowest BCUT2D eigenvalue weighted by Gasteiger charge is -2.22. The van der Waals surface area contributed by atoms with Crippen LogP contribution in [0.15, 0.2) is 53.6 Å². The molecule has 1 aliphatic rings. The number of benzene rings is 1. The third-order valence-electron chi connectivity index (χ3n) is 6.29. The highest BCUT2D eigenvalue weighted by molar-refractivity contribution is 5.94. The van der Waals surface area contributed by atoms with E-state index >= 15 is 0 Å². The van der Waals surface area contributed by atoms with E-state index in [0.717, 1.165) is 54.6 Å². The molecule has 0 fully saturated rings. The quantitative estimate of drug-likeness (QED) is 0.388. The van der Waals surface area contributed by atoms with Gasteiger partial charge in [-0.05, 0) is 61.6 Å². The van der Waals surface area contributed by atoms with Crippen LogP contribution in [-0.2, 0) is 26.1 Å². The summed E-state index contributed by atoms with van der Waals surface area (Å²) in [5.41, 5.74) is 3.30. The molecule has 0 saturated carbocycles. The van der Waals surface area contributed by atoms with E-state index in [4.69, 9.17) is 4.74 Å². The first-order valence-electron chi connectivity index (χ1n) is 11.7. The van der Waals surface area contributed by atoms with Gasteiger partial charge in [0.25, 0.3) is 11.6 Å². The van der Waals surface area contributed by atoms with Crippen molar-refractivity contribution in [1.29, 1.82) is 0 Å². The third-order valence-corrected chi connectivity index (χ3v) is 6.29. The summed E-state index contributed by atoms with van der Waals surface area (Å²) in [4.78, 5) is 25.5. The van der Waals surface area contributed by atoms with Gasteiger partial charge in [0.2, 0.25) is 0 Å². The largest absolute Gasteiger partial charge is 0.463 e. The summed E-state index contributed by atoms with van der Waals surface area (Å²) in [6, 6.07) is 8.73. The molecule has 3 heterocycles. The molecule has 0 amide bonds. The number of hydrogen-bond acceptors (Lipinski definition) is 6. The molecule has 36 heavy (non-hydrogen) atoms. The zero-order chi connectivity index (χ0) is 25.3. The first-order valence-corrected chi connectivity index (χ1v) is 11.7. The fraction of sp³-hybridized carbons (Fsp3) is 0.308. The predicted octanol–water partition coefficient (Wildman–Crippen LogP) is 4.78. The van der Waals surface area contributed by atoms with Crippen LogP contribution in [0.4, 0.5) is 18.9 Å². The molecule has 5 rings (SSSR count). The van der Waals surface area contributed by atoms with Crippen molar-refractivity contribution in [3.8, 4) is 17.3 Å². The fourth-order valence-corrected chi connectivity index (χ4v) is 4.44. The smallest absolute Gasteiger partial charge is 0.416 e. The monoisotopic (exact) mass is 495 g/mol. The van der Waals surface area contributed by atoms with Crippen LogP contribution in [0.25, 0.3) is 22.2 Å². The number of pyridine rings is 2. The van der Waals surface area contributed by atoms with Gasteiger partial charge in [0.05, 0.1) is 16.8 Å². The average molecular weight is 496 g/mol. The zero-order valence-corrected chi connectivity index (χ0v) is 19.6. The van der Waals surface area contributed by atoms with Gasteiger partial charge >= 0.3 is 6.18 Å². The third kappa shape index (κ3) is 4.75. The van der Waals surface area contributed by atoms with E-state index in [0.29, 0.717) is 28.8 Å². The van der Waals surface area contributed by atoms with Crippen LogP contribution in [0.2, 0.25) is 0 Å². The molecular formula is C26H24F3N5O2. The zero-order valence-electron chi connectivity index (χ0n) is 19.6. The van der Waals surface area contributed by atoms with Gasteiger partial charge in [-0.3, -0.25) is 19.3 Å². The van der Waals surface area contributed by atoms with E-state index in [1.54, 1.807) is 31.6 Å². The molecule has 0 bridgehead atoms. The molecule has 0 aliphatic heterocycles. The second-order valence-electron chi connectivity index (χ2n) is 8.68. The number of anilines is 1. The van der Waals surface area contributed by atoms with Crippen LogP contribution >= 0.6 is 0 Å². The molecule has 1 aromatic carbocycles. The minimum atomic E-state index is -4.44. The van der Waals surface area contributed by atoms with Gasteiger partial charge in [0, 0.05) is 54.4 Å². The first-order chi connectivity index (χ1) is 17.3. The molecule has 0 atom stereocenters. The van der Waals surface area contributed by atoms with Gasteiger partial charge in [0.15, 0.2) is 0 Å². The van der Waals surface area contributed by atoms with Crippen molar-refractivity contribution in [3.05, 3.63) is 76.0 Å². The van der Waals surface area contributed by atoms with E-state index in [-0.39, 0.29) is 18.2 Å². The summed E-state index contributed by atoms with van der Waals surface area (Å²) >= 11 is 0. The summed E-state index contributed by atoms with van der Waals surface area (Å²) in [7, 11) is 1.57. The maximum absolute atomic E-state index is 13.4. The van der Waals surface area contributed by atoms with Crippen molar-refractivity contribution < 1.29 is 17.9 Å². The number of rotatable bonds is 6. The standard InChI is InChI=1S/C26H24F3N5O2/c1-34-23(35)15-22(16-8-10-30-11-9-16)33-25(34)36-13-12-31-24-18-4-2-3-5-20(18)32-21-7-6-17(14-19(21)24)26(27,28)29/h6-11,14-15H,2-5,12-13H2,1H3,(H,31,32). The predicted molar refractivity (Wildman–Crippen MR) is 130 cm³/mol. The molecule has 0 saturated heterocycles. The van der Waals surface area contributed by atoms with Crippen molar-refractivity contribution in [2.24, 2.45) is 7.05 Å². The van der Waals surface area contributed by atoms with E-state index in [1.165, 1.54) is 16.7 Å². The molecule has 186 valence electrons. The minimum Gasteiger partial charge on any atom is -0.463 e. The number of halogens is 3. The Morgan fingerprint density at radius 2 is 1.83 bits per heavy atom. The van der Waals surface area contributed by atoms with E-state index in [2.05, 4.69) is 20.3 Å². The lowest BCUT2D eigenvalue weighted by atomic mass is 9.92. The number of aryl methyl sites for hydroxylation is 1. The van der Waals surface area contributed by atoms with Gasteiger partial charge in [-0.25, -0.2) is 0 Å². The summed E-state index contributed by atoms with van der Waals surface area (Å²) < 4.78 is 47.3. The van der Waals surface area contributed by atoms with Crippen LogP contribution in [0, 0.1) is 0 Å². The Labute approximate surface area is 205 Å². The summed E-state index contributed by atoms with van der Waals surface area (Å²) in [6.45, 7) is 0.453. The fourth-order valence-electron chi connectivity index (χ4n) is 4.44. The number of nitrogens with zero attached hydrogens (tertiary/aromatic N) is 4. The Morgan fingerprint density at radius 1 is 1.06 bits per heavy atom. The van der Waals surface area contributed by atoms with Crippen LogP contribution in [0.5, 0.6) is 6.01 Å². The van der Waals surface area contributed by atoms with Gasteiger partial charge in [-0.15, -0.1) is 0 Å². The second kappa shape index (κ2) is 9.60. The van der Waals surface area contributed by atoms with Crippen molar-refractivity contribution in [2.45, 2.75) is 31.9 Å². The molecule has 10 heteroatoms. The van der Waals surface area contributed by atoms with Gasteiger partial charge in [-0.2, -0.15) is 18.2 Å². The topological polar surface area (TPSA) is 81.9 Å². The highest BCUT2D eigenvalue weighted by Crippen LogP contribution is 2.37. The molecule has 0 radical (unpaired) electrons. The van der Waals surface area contributed by atoms with Crippen molar-refractivity contribution in [3.63, 3.8) is 0 Å². The van der Waals surface area contributed by atoms with Crippen molar-refractivity contribution in [2.75, 3.05) is 18.5 Å². The van der Waals surface area contributed by atoms with Gasteiger partial charge < -0.3 is 10.1 Å². The molecule has 4 aromatic rings. The molecule has 1 N–H and O–H groups in total. The summed E-state index contributed by atoms with van der Waals surface area (Å²) in [5, 5.41) is 3.73. The first kappa shape index (κ1) is 23.8. The average Bonchev–Trinajstić information content (AvgIpc) is 2.87. The maximum Gasteiger partial charge on any atom is 0.416 e. The molecule has 0 spiro atoms. The van der Waals surface area contributed by atoms with Gasteiger partial charge in [0.1, 0.15) is 6.61 Å². The van der Waals surface area contributed by atoms with Gasteiger partial charge in [-0.1, -0.05) is 0 Å². The van der Waals surface area contributed by atoms with E-state index < -0.39 is 11.7 Å². The normalized spacial score (nSPS) is 13.4. The minimum absolute atomic E-state index is 0.150. The molecule has 3 aromatic heterocycles. The molecule has 7 nitrogen and oxygen atoms in total. The van der Waals surface area contributed by atoms with Crippen molar-refractivity contribution >= 4 is 16.6 Å². The lowest BCUT2D eigenvalue weighted by Crippen LogP contribution is -2.22. The van der Waals surface area contributed by atoms with Crippen LogP contribution in [0.3, 0.4) is 0 Å². The molecule has 1 aliphatic carbocycles.